The van der Waals surface area contributed by atoms with Gasteiger partial charge in [-0.25, -0.2) is 4.98 Å². The maximum absolute atomic E-state index is 13.3. The van der Waals surface area contributed by atoms with Gasteiger partial charge in [0, 0.05) is 49.5 Å². The van der Waals surface area contributed by atoms with Gasteiger partial charge in [0.2, 0.25) is 0 Å². The summed E-state index contributed by atoms with van der Waals surface area (Å²) in [5.74, 6) is 0.591. The van der Waals surface area contributed by atoms with Crippen molar-refractivity contribution < 1.29 is 4.79 Å². The number of aryl methyl sites for hydroxylation is 1. The average molecular weight is 469 g/mol. The van der Waals surface area contributed by atoms with Crippen LogP contribution in [0.5, 0.6) is 0 Å². The van der Waals surface area contributed by atoms with Crippen LogP contribution in [0.25, 0.3) is 20.8 Å². The second-order valence-corrected chi connectivity index (χ2v) is 9.87. The molecule has 5 rings (SSSR count). The van der Waals surface area contributed by atoms with Crippen LogP contribution in [0.4, 0.5) is 16.5 Å². The van der Waals surface area contributed by atoms with Gasteiger partial charge in [-0.3, -0.25) is 14.5 Å². The Balaban J connectivity index is 1.44. The fourth-order valence-electron chi connectivity index (χ4n) is 4.11. The van der Waals surface area contributed by atoms with E-state index in [0.717, 1.165) is 53.4 Å². The monoisotopic (exact) mass is 468 g/mol. The van der Waals surface area contributed by atoms with Crippen LogP contribution < -0.4 is 21.7 Å². The van der Waals surface area contributed by atoms with Crippen LogP contribution >= 0.6 is 22.7 Å². The Morgan fingerprint density at radius 3 is 2.94 bits per heavy atom. The quantitative estimate of drug-likeness (QED) is 0.419. The van der Waals surface area contributed by atoms with Gasteiger partial charge in [0.1, 0.15) is 21.3 Å². The lowest BCUT2D eigenvalue weighted by Gasteiger charge is -2.24. The van der Waals surface area contributed by atoms with Gasteiger partial charge in [0.15, 0.2) is 5.82 Å². The maximum Gasteiger partial charge on any atom is 0.261 e. The van der Waals surface area contributed by atoms with Crippen molar-refractivity contribution in [1.29, 1.82) is 0 Å². The minimum atomic E-state index is -0.288. The number of carbonyl (C=O) groups excluding carboxylic acids is 1. The lowest BCUT2D eigenvalue weighted by molar-refractivity contribution is 0.102. The van der Waals surface area contributed by atoms with Gasteiger partial charge < -0.3 is 21.7 Å². The summed E-state index contributed by atoms with van der Waals surface area (Å²) in [5, 5.41) is 10.6. The molecule has 1 amide bonds. The first kappa shape index (κ1) is 20.9. The number of amides is 1. The molecule has 1 aliphatic rings. The van der Waals surface area contributed by atoms with Crippen LogP contribution in [-0.2, 0) is 7.05 Å². The molecule has 1 atom stereocenters. The Bertz CT molecular complexity index is 1260. The van der Waals surface area contributed by atoms with Crippen molar-refractivity contribution in [3.05, 3.63) is 35.6 Å². The first-order valence-corrected chi connectivity index (χ1v) is 12.1. The lowest BCUT2D eigenvalue weighted by atomic mass is 10.1. The number of fused-ring (bicyclic) bond motifs is 1. The van der Waals surface area contributed by atoms with Crippen LogP contribution in [0.3, 0.4) is 0 Å². The van der Waals surface area contributed by atoms with Gasteiger partial charge in [-0.15, -0.1) is 22.7 Å². The molecule has 11 heteroatoms. The van der Waals surface area contributed by atoms with Crippen LogP contribution in [0.2, 0.25) is 0 Å². The van der Waals surface area contributed by atoms with E-state index in [4.69, 9.17) is 11.5 Å². The van der Waals surface area contributed by atoms with Crippen molar-refractivity contribution in [1.82, 2.24) is 19.7 Å². The molecule has 1 fully saturated rings. The summed E-state index contributed by atoms with van der Waals surface area (Å²) in [6, 6.07) is 2.19. The SMILES string of the molecule is Cn1ncc(NC(=O)c2c(N)sc3cc(-c4nccs4)cnc23)c1N1CCC[C@@H](N)CC1. The maximum atomic E-state index is 13.3. The zero-order valence-corrected chi connectivity index (χ0v) is 19.2. The predicted molar refractivity (Wildman–Crippen MR) is 130 cm³/mol. The van der Waals surface area contributed by atoms with E-state index in [-0.39, 0.29) is 11.9 Å². The first-order valence-electron chi connectivity index (χ1n) is 10.4. The highest BCUT2D eigenvalue weighted by Gasteiger charge is 2.24. The standard InChI is InChI=1S/C21H24N8OS2/c1-28-21(29-6-2-3-13(22)4-7-29)14(11-26-28)27-19(30)16-17-15(32-18(16)23)9-12(10-25-17)20-24-5-8-31-20/h5,8-11,13H,2-4,6-7,22-23H2,1H3,(H,27,30)/t13-/m1/s1. The summed E-state index contributed by atoms with van der Waals surface area (Å²) in [5.41, 5.74) is 15.0. The van der Waals surface area contributed by atoms with Gasteiger partial charge in [0.05, 0.1) is 16.4 Å². The molecule has 0 aromatic carbocycles. The summed E-state index contributed by atoms with van der Waals surface area (Å²) < 4.78 is 2.65. The topological polar surface area (TPSA) is 128 Å². The highest BCUT2D eigenvalue weighted by Crippen LogP contribution is 2.36. The van der Waals surface area contributed by atoms with E-state index in [1.165, 1.54) is 11.3 Å². The molecule has 5 N–H and O–H groups in total. The van der Waals surface area contributed by atoms with Crippen molar-refractivity contribution in [2.45, 2.75) is 25.3 Å². The third-order valence-electron chi connectivity index (χ3n) is 5.69. The van der Waals surface area contributed by atoms with E-state index in [1.807, 2.05) is 18.5 Å². The zero-order valence-electron chi connectivity index (χ0n) is 17.6. The third-order valence-corrected chi connectivity index (χ3v) is 7.47. The van der Waals surface area contributed by atoms with Crippen LogP contribution in [-0.4, -0.2) is 44.8 Å². The summed E-state index contributed by atoms with van der Waals surface area (Å²) in [7, 11) is 1.88. The number of nitrogens with two attached hydrogens (primary N) is 2. The van der Waals surface area contributed by atoms with Crippen LogP contribution in [0.15, 0.2) is 30.0 Å². The smallest absolute Gasteiger partial charge is 0.261 e. The second-order valence-electron chi connectivity index (χ2n) is 7.89. The molecular formula is C21H24N8OS2. The van der Waals surface area contributed by atoms with Crippen molar-refractivity contribution in [2.75, 3.05) is 29.0 Å². The summed E-state index contributed by atoms with van der Waals surface area (Å²) in [6.07, 6.45) is 8.09. The summed E-state index contributed by atoms with van der Waals surface area (Å²) in [6.45, 7) is 1.70. The van der Waals surface area contributed by atoms with Crippen LogP contribution in [0.1, 0.15) is 29.6 Å². The highest BCUT2D eigenvalue weighted by molar-refractivity contribution is 7.23. The van der Waals surface area contributed by atoms with Gasteiger partial charge in [-0.05, 0) is 25.3 Å². The number of thiophene rings is 1. The molecule has 0 aliphatic carbocycles. The van der Waals surface area contributed by atoms with Gasteiger partial charge >= 0.3 is 0 Å². The summed E-state index contributed by atoms with van der Waals surface area (Å²) >= 11 is 2.90. The van der Waals surface area contributed by atoms with Gasteiger partial charge in [0.25, 0.3) is 5.91 Å². The number of nitrogens with zero attached hydrogens (tertiary/aromatic N) is 5. The highest BCUT2D eigenvalue weighted by atomic mass is 32.1. The van der Waals surface area contributed by atoms with Gasteiger partial charge in [-0.1, -0.05) is 0 Å². The van der Waals surface area contributed by atoms with E-state index in [0.29, 0.717) is 21.8 Å². The molecule has 1 saturated heterocycles. The number of nitrogens with one attached hydrogen (secondary N) is 1. The number of pyridine rings is 1. The zero-order chi connectivity index (χ0) is 22.2. The predicted octanol–water partition coefficient (Wildman–Crippen LogP) is 3.31. The molecular weight excluding hydrogens is 444 g/mol. The largest absolute Gasteiger partial charge is 0.390 e. The minimum absolute atomic E-state index is 0.212. The van der Waals surface area contributed by atoms with E-state index in [2.05, 4.69) is 25.3 Å². The fraction of sp³-hybridized carbons (Fsp3) is 0.333. The number of carbonyl (C=O) groups is 1. The normalized spacial score (nSPS) is 16.9. The van der Waals surface area contributed by atoms with Gasteiger partial charge in [-0.2, -0.15) is 5.10 Å². The number of thiazole rings is 1. The average Bonchev–Trinajstić information content (AvgIpc) is 3.46. The minimum Gasteiger partial charge on any atom is -0.390 e. The lowest BCUT2D eigenvalue weighted by Crippen LogP contribution is -2.29. The van der Waals surface area contributed by atoms with E-state index < -0.39 is 0 Å². The Hall–Kier alpha value is -3.02. The molecule has 4 aromatic heterocycles. The molecule has 0 saturated carbocycles. The molecule has 1 aliphatic heterocycles. The number of hydrogen-bond acceptors (Lipinski definition) is 9. The summed E-state index contributed by atoms with van der Waals surface area (Å²) in [4.78, 5) is 24.4. The van der Waals surface area contributed by atoms with Crippen molar-refractivity contribution in [2.24, 2.45) is 12.8 Å². The number of rotatable bonds is 4. The number of hydrogen-bond donors (Lipinski definition) is 3. The van der Waals surface area contributed by atoms with Crippen LogP contribution in [0, 0.1) is 0 Å². The Labute approximate surface area is 193 Å². The fourth-order valence-corrected chi connectivity index (χ4v) is 5.70. The molecule has 0 bridgehead atoms. The third kappa shape index (κ3) is 3.83. The first-order chi connectivity index (χ1) is 15.5. The van der Waals surface area contributed by atoms with E-state index in [9.17, 15) is 4.79 Å². The molecule has 32 heavy (non-hydrogen) atoms. The molecule has 9 nitrogen and oxygen atoms in total. The number of nitrogen functional groups attached to an aromatic ring is 1. The molecule has 4 aromatic rings. The Morgan fingerprint density at radius 2 is 2.12 bits per heavy atom. The van der Waals surface area contributed by atoms with Crippen molar-refractivity contribution >= 4 is 55.3 Å². The molecule has 0 unspecified atom stereocenters. The molecule has 166 valence electrons. The van der Waals surface area contributed by atoms with Crippen molar-refractivity contribution in [3.63, 3.8) is 0 Å². The Kier molecular flexibility index (Phi) is 5.53. The molecule has 0 radical (unpaired) electrons. The van der Waals surface area contributed by atoms with E-state index >= 15 is 0 Å². The molecule has 0 spiro atoms. The second kappa shape index (κ2) is 8.49. The number of aromatic nitrogens is 4. The Morgan fingerprint density at radius 1 is 1.25 bits per heavy atom. The molecule has 5 heterocycles. The van der Waals surface area contributed by atoms with E-state index in [1.54, 1.807) is 34.6 Å². The number of anilines is 3. The van der Waals surface area contributed by atoms with Crippen molar-refractivity contribution in [3.8, 4) is 10.6 Å².